The van der Waals surface area contributed by atoms with E-state index in [0.717, 1.165) is 30.2 Å². The van der Waals surface area contributed by atoms with Crippen molar-refractivity contribution in [2.45, 2.75) is 31.7 Å². The highest BCUT2D eigenvalue weighted by molar-refractivity contribution is 9.10. The number of carbonyl (C=O) groups excluding carboxylic acids is 1. The molecule has 2 heterocycles. The fraction of sp³-hybridized carbons (Fsp3) is 0.333. The molecule has 1 aliphatic rings. The molecule has 3 rings (SSSR count). The predicted octanol–water partition coefficient (Wildman–Crippen LogP) is 3.98. The third kappa shape index (κ3) is 3.70. The van der Waals surface area contributed by atoms with Crippen molar-refractivity contribution in [1.82, 2.24) is 4.90 Å². The number of carboxylic acid groups (broad SMARTS) is 1. The Morgan fingerprint density at radius 1 is 1.21 bits per heavy atom. The molecule has 1 saturated heterocycles. The fourth-order valence-electron chi connectivity index (χ4n) is 3.13. The topological polar surface area (TPSA) is 70.8 Å². The van der Waals surface area contributed by atoms with E-state index in [4.69, 9.17) is 9.52 Å². The SMILES string of the molecule is O=C(O)c1ccc(C(=O)N2CCCCC2Cc2cccc(Br)c2)o1. The third-order valence-corrected chi connectivity index (χ3v) is 4.77. The molecule has 1 amide bonds. The highest BCUT2D eigenvalue weighted by Gasteiger charge is 2.29. The molecule has 5 nitrogen and oxygen atoms in total. The lowest BCUT2D eigenvalue weighted by Gasteiger charge is -2.35. The number of aromatic carboxylic acids is 1. The van der Waals surface area contributed by atoms with Crippen LogP contribution in [0, 0.1) is 0 Å². The molecule has 1 aromatic carbocycles. The van der Waals surface area contributed by atoms with Gasteiger partial charge in [-0.25, -0.2) is 4.79 Å². The number of piperidine rings is 1. The van der Waals surface area contributed by atoms with Gasteiger partial charge in [-0.05, 0) is 55.5 Å². The standard InChI is InChI=1S/C18H18BrNO4/c19-13-5-3-4-12(10-13)11-14-6-1-2-9-20(14)17(21)15-7-8-16(24-15)18(22)23/h3-5,7-8,10,14H,1-2,6,9,11H2,(H,22,23). The van der Waals surface area contributed by atoms with Crippen LogP contribution in [0.1, 0.15) is 45.9 Å². The molecular formula is C18H18BrNO4. The lowest BCUT2D eigenvalue weighted by atomic mass is 9.95. The Morgan fingerprint density at radius 3 is 2.71 bits per heavy atom. The van der Waals surface area contributed by atoms with Crippen molar-refractivity contribution >= 4 is 27.8 Å². The molecule has 2 aromatic rings. The van der Waals surface area contributed by atoms with E-state index < -0.39 is 5.97 Å². The van der Waals surface area contributed by atoms with Gasteiger partial charge in [0.05, 0.1) is 0 Å². The Morgan fingerprint density at radius 2 is 2.00 bits per heavy atom. The number of carboxylic acids is 1. The van der Waals surface area contributed by atoms with Crippen molar-refractivity contribution in [1.29, 1.82) is 0 Å². The van der Waals surface area contributed by atoms with Crippen LogP contribution in [0.25, 0.3) is 0 Å². The zero-order chi connectivity index (χ0) is 17.1. The second-order valence-electron chi connectivity index (χ2n) is 5.95. The normalized spacial score (nSPS) is 17.7. The first-order valence-corrected chi connectivity index (χ1v) is 8.72. The van der Waals surface area contributed by atoms with Crippen LogP contribution in [0.5, 0.6) is 0 Å². The van der Waals surface area contributed by atoms with Gasteiger partial charge in [0.1, 0.15) is 0 Å². The van der Waals surface area contributed by atoms with Crippen LogP contribution in [0.3, 0.4) is 0 Å². The van der Waals surface area contributed by atoms with Gasteiger partial charge >= 0.3 is 5.97 Å². The van der Waals surface area contributed by atoms with Gasteiger partial charge in [0.25, 0.3) is 5.91 Å². The van der Waals surface area contributed by atoms with Crippen LogP contribution in [-0.4, -0.2) is 34.5 Å². The lowest BCUT2D eigenvalue weighted by molar-refractivity contribution is 0.0570. The molecule has 1 N–H and O–H groups in total. The number of likely N-dealkylation sites (tertiary alicyclic amines) is 1. The highest BCUT2D eigenvalue weighted by atomic mass is 79.9. The number of rotatable bonds is 4. The largest absolute Gasteiger partial charge is 0.475 e. The number of hydrogen-bond acceptors (Lipinski definition) is 3. The van der Waals surface area contributed by atoms with Gasteiger partial charge in [0, 0.05) is 17.1 Å². The Bertz CT molecular complexity index is 755. The fourth-order valence-corrected chi connectivity index (χ4v) is 3.57. The summed E-state index contributed by atoms with van der Waals surface area (Å²) in [5.74, 6) is -1.52. The summed E-state index contributed by atoms with van der Waals surface area (Å²) in [5, 5.41) is 8.94. The Balaban J connectivity index is 1.78. The molecule has 0 radical (unpaired) electrons. The van der Waals surface area contributed by atoms with Gasteiger partial charge in [0.2, 0.25) is 5.76 Å². The van der Waals surface area contributed by atoms with Gasteiger partial charge in [0.15, 0.2) is 5.76 Å². The first-order chi connectivity index (χ1) is 11.5. The molecule has 0 bridgehead atoms. The molecule has 0 aliphatic carbocycles. The van der Waals surface area contributed by atoms with Crippen LogP contribution in [0.15, 0.2) is 45.3 Å². The zero-order valence-corrected chi connectivity index (χ0v) is 14.7. The van der Waals surface area contributed by atoms with Gasteiger partial charge in [-0.2, -0.15) is 0 Å². The van der Waals surface area contributed by atoms with E-state index in [0.29, 0.717) is 6.54 Å². The number of furan rings is 1. The summed E-state index contributed by atoms with van der Waals surface area (Å²) in [7, 11) is 0. The lowest BCUT2D eigenvalue weighted by Crippen LogP contribution is -2.44. The van der Waals surface area contributed by atoms with E-state index in [1.165, 1.54) is 17.7 Å². The van der Waals surface area contributed by atoms with E-state index in [-0.39, 0.29) is 23.5 Å². The van der Waals surface area contributed by atoms with Gasteiger partial charge in [-0.15, -0.1) is 0 Å². The summed E-state index contributed by atoms with van der Waals surface area (Å²) >= 11 is 3.47. The monoisotopic (exact) mass is 391 g/mol. The molecular weight excluding hydrogens is 374 g/mol. The van der Waals surface area contributed by atoms with Crippen LogP contribution >= 0.6 is 15.9 Å². The van der Waals surface area contributed by atoms with E-state index in [2.05, 4.69) is 28.1 Å². The van der Waals surface area contributed by atoms with Crippen molar-refractivity contribution in [3.8, 4) is 0 Å². The van der Waals surface area contributed by atoms with E-state index >= 15 is 0 Å². The number of nitrogens with zero attached hydrogens (tertiary/aromatic N) is 1. The van der Waals surface area contributed by atoms with E-state index in [1.54, 1.807) is 0 Å². The molecule has 126 valence electrons. The molecule has 1 fully saturated rings. The summed E-state index contributed by atoms with van der Waals surface area (Å²) in [5.41, 5.74) is 1.17. The van der Waals surface area contributed by atoms with Crippen LogP contribution in [0.2, 0.25) is 0 Å². The van der Waals surface area contributed by atoms with Crippen molar-refractivity contribution in [3.63, 3.8) is 0 Å². The Kier molecular flexibility index (Phi) is 5.04. The predicted molar refractivity (Wildman–Crippen MR) is 92.2 cm³/mol. The minimum absolute atomic E-state index is 0.0912. The highest BCUT2D eigenvalue weighted by Crippen LogP contribution is 2.24. The second-order valence-corrected chi connectivity index (χ2v) is 6.87. The maximum absolute atomic E-state index is 12.7. The Hall–Kier alpha value is -2.08. The number of hydrogen-bond donors (Lipinski definition) is 1. The molecule has 0 spiro atoms. The molecule has 24 heavy (non-hydrogen) atoms. The molecule has 1 aromatic heterocycles. The first kappa shape index (κ1) is 16.8. The molecule has 0 saturated carbocycles. The smallest absolute Gasteiger partial charge is 0.371 e. The summed E-state index contributed by atoms with van der Waals surface area (Å²) in [6.45, 7) is 0.667. The van der Waals surface area contributed by atoms with Gasteiger partial charge < -0.3 is 14.4 Å². The van der Waals surface area contributed by atoms with E-state index in [1.807, 2.05) is 17.0 Å². The maximum Gasteiger partial charge on any atom is 0.371 e. The van der Waals surface area contributed by atoms with E-state index in [9.17, 15) is 9.59 Å². The average molecular weight is 392 g/mol. The number of amides is 1. The van der Waals surface area contributed by atoms with Gasteiger partial charge in [-0.1, -0.05) is 28.1 Å². The molecule has 6 heteroatoms. The number of halogens is 1. The Labute approximate surface area is 148 Å². The summed E-state index contributed by atoms with van der Waals surface area (Å²) in [4.78, 5) is 25.5. The van der Waals surface area contributed by atoms with Crippen molar-refractivity contribution < 1.29 is 19.1 Å². The number of carbonyl (C=O) groups is 2. The zero-order valence-electron chi connectivity index (χ0n) is 13.1. The second kappa shape index (κ2) is 7.21. The van der Waals surface area contributed by atoms with Crippen molar-refractivity contribution in [2.24, 2.45) is 0 Å². The maximum atomic E-state index is 12.7. The summed E-state index contributed by atoms with van der Waals surface area (Å²) in [6.07, 6.45) is 3.75. The summed E-state index contributed by atoms with van der Waals surface area (Å²) < 4.78 is 6.20. The molecule has 1 aliphatic heterocycles. The van der Waals surface area contributed by atoms with Crippen LogP contribution < -0.4 is 0 Å². The van der Waals surface area contributed by atoms with Crippen molar-refractivity contribution in [3.05, 3.63) is 58.0 Å². The minimum atomic E-state index is -1.17. The quantitative estimate of drug-likeness (QED) is 0.855. The minimum Gasteiger partial charge on any atom is -0.475 e. The van der Waals surface area contributed by atoms with Crippen LogP contribution in [0.4, 0.5) is 0 Å². The number of benzene rings is 1. The average Bonchev–Trinajstić information content (AvgIpc) is 3.05. The molecule has 1 atom stereocenters. The first-order valence-electron chi connectivity index (χ1n) is 7.93. The molecule has 1 unspecified atom stereocenters. The van der Waals surface area contributed by atoms with Crippen LogP contribution in [-0.2, 0) is 6.42 Å². The van der Waals surface area contributed by atoms with Gasteiger partial charge in [-0.3, -0.25) is 4.79 Å². The third-order valence-electron chi connectivity index (χ3n) is 4.28. The summed E-state index contributed by atoms with van der Waals surface area (Å²) in [6, 6.07) is 10.9. The van der Waals surface area contributed by atoms with Crippen molar-refractivity contribution in [2.75, 3.05) is 6.54 Å².